The zero-order valence-corrected chi connectivity index (χ0v) is 11.0. The minimum absolute atomic E-state index is 0.180. The van der Waals surface area contributed by atoms with Gasteiger partial charge in [0.25, 0.3) is 5.91 Å². The molecule has 0 radical (unpaired) electrons. The third-order valence-corrected chi connectivity index (χ3v) is 3.16. The molecule has 5 heteroatoms. The SMILES string of the molecule is O=C(NCCc1ccco1)c1ccc(Cl)c(Cl)c1. The van der Waals surface area contributed by atoms with Gasteiger partial charge in [-0.3, -0.25) is 4.79 Å². The van der Waals surface area contributed by atoms with Crippen LogP contribution in [-0.2, 0) is 6.42 Å². The quantitative estimate of drug-likeness (QED) is 0.932. The second kappa shape index (κ2) is 5.94. The monoisotopic (exact) mass is 283 g/mol. The molecular formula is C13H11Cl2NO2. The van der Waals surface area contributed by atoms with Gasteiger partial charge in [-0.2, -0.15) is 0 Å². The fourth-order valence-corrected chi connectivity index (χ4v) is 1.79. The van der Waals surface area contributed by atoms with Crippen LogP contribution < -0.4 is 5.32 Å². The maximum atomic E-state index is 11.8. The maximum absolute atomic E-state index is 11.8. The summed E-state index contributed by atoms with van der Waals surface area (Å²) in [5, 5.41) is 3.59. The molecule has 2 rings (SSSR count). The number of amides is 1. The Kier molecular flexibility index (Phi) is 4.28. The first-order valence-electron chi connectivity index (χ1n) is 5.42. The highest BCUT2D eigenvalue weighted by Crippen LogP contribution is 2.22. The van der Waals surface area contributed by atoms with Crippen LogP contribution in [0.4, 0.5) is 0 Å². The van der Waals surface area contributed by atoms with Gasteiger partial charge in [0.15, 0.2) is 0 Å². The molecule has 1 heterocycles. The summed E-state index contributed by atoms with van der Waals surface area (Å²) in [6.07, 6.45) is 2.26. The standard InChI is InChI=1S/C13H11Cl2NO2/c14-11-4-3-9(8-12(11)15)13(17)16-6-5-10-2-1-7-18-10/h1-4,7-8H,5-6H2,(H,16,17). The van der Waals surface area contributed by atoms with Gasteiger partial charge in [0.05, 0.1) is 16.3 Å². The van der Waals surface area contributed by atoms with Gasteiger partial charge in [0, 0.05) is 18.5 Å². The van der Waals surface area contributed by atoms with Gasteiger partial charge in [-0.15, -0.1) is 0 Å². The van der Waals surface area contributed by atoms with Crippen molar-refractivity contribution in [2.45, 2.75) is 6.42 Å². The fraction of sp³-hybridized carbons (Fsp3) is 0.154. The smallest absolute Gasteiger partial charge is 0.251 e. The lowest BCUT2D eigenvalue weighted by molar-refractivity contribution is 0.0953. The molecule has 0 aliphatic heterocycles. The number of halogens is 2. The van der Waals surface area contributed by atoms with Crippen LogP contribution in [0.5, 0.6) is 0 Å². The first-order chi connectivity index (χ1) is 8.66. The van der Waals surface area contributed by atoms with E-state index in [0.717, 1.165) is 5.76 Å². The van der Waals surface area contributed by atoms with Crippen molar-refractivity contribution in [3.8, 4) is 0 Å². The Morgan fingerprint density at radius 3 is 2.72 bits per heavy atom. The number of hydrogen-bond acceptors (Lipinski definition) is 2. The fourth-order valence-electron chi connectivity index (χ4n) is 1.49. The molecule has 0 aliphatic rings. The Morgan fingerprint density at radius 1 is 1.22 bits per heavy atom. The number of rotatable bonds is 4. The van der Waals surface area contributed by atoms with Crippen molar-refractivity contribution >= 4 is 29.1 Å². The summed E-state index contributed by atoms with van der Waals surface area (Å²) in [5.41, 5.74) is 0.490. The minimum atomic E-state index is -0.180. The number of nitrogens with one attached hydrogen (secondary N) is 1. The lowest BCUT2D eigenvalue weighted by atomic mass is 10.2. The largest absolute Gasteiger partial charge is 0.469 e. The zero-order chi connectivity index (χ0) is 13.0. The van der Waals surface area contributed by atoms with Crippen molar-refractivity contribution in [3.63, 3.8) is 0 Å². The molecule has 0 bridgehead atoms. The number of carbonyl (C=O) groups excluding carboxylic acids is 1. The molecule has 1 amide bonds. The average molecular weight is 284 g/mol. The van der Waals surface area contributed by atoms with E-state index < -0.39 is 0 Å². The van der Waals surface area contributed by atoms with Crippen molar-refractivity contribution in [2.75, 3.05) is 6.54 Å². The van der Waals surface area contributed by atoms with Crippen LogP contribution in [0.3, 0.4) is 0 Å². The Labute approximate surface area is 115 Å². The van der Waals surface area contributed by atoms with Crippen molar-refractivity contribution in [1.29, 1.82) is 0 Å². The van der Waals surface area contributed by atoms with E-state index in [1.165, 1.54) is 0 Å². The van der Waals surface area contributed by atoms with Crippen LogP contribution in [0.25, 0.3) is 0 Å². The van der Waals surface area contributed by atoms with Gasteiger partial charge in [-0.05, 0) is 30.3 Å². The zero-order valence-electron chi connectivity index (χ0n) is 9.45. The molecule has 0 saturated carbocycles. The van der Waals surface area contributed by atoms with Crippen molar-refractivity contribution < 1.29 is 9.21 Å². The highest BCUT2D eigenvalue weighted by Gasteiger charge is 2.07. The molecule has 1 N–H and O–H groups in total. The lowest BCUT2D eigenvalue weighted by Gasteiger charge is -2.05. The van der Waals surface area contributed by atoms with Crippen LogP contribution in [0.15, 0.2) is 41.0 Å². The molecule has 18 heavy (non-hydrogen) atoms. The van der Waals surface area contributed by atoms with Crippen LogP contribution in [-0.4, -0.2) is 12.5 Å². The van der Waals surface area contributed by atoms with Gasteiger partial charge >= 0.3 is 0 Å². The second-order valence-electron chi connectivity index (χ2n) is 3.71. The van der Waals surface area contributed by atoms with E-state index >= 15 is 0 Å². The van der Waals surface area contributed by atoms with E-state index in [1.54, 1.807) is 24.5 Å². The number of hydrogen-bond donors (Lipinski definition) is 1. The molecule has 0 unspecified atom stereocenters. The van der Waals surface area contributed by atoms with E-state index in [9.17, 15) is 4.79 Å². The molecule has 0 fully saturated rings. The van der Waals surface area contributed by atoms with E-state index in [2.05, 4.69) is 5.32 Å². The van der Waals surface area contributed by atoms with Gasteiger partial charge in [0.2, 0.25) is 0 Å². The molecule has 0 atom stereocenters. The Hall–Kier alpha value is -1.45. The summed E-state index contributed by atoms with van der Waals surface area (Å²) in [4.78, 5) is 11.8. The number of furan rings is 1. The molecule has 0 spiro atoms. The van der Waals surface area contributed by atoms with E-state index in [0.29, 0.717) is 28.6 Å². The molecular weight excluding hydrogens is 273 g/mol. The summed E-state index contributed by atoms with van der Waals surface area (Å²) in [5.74, 6) is 0.657. The Balaban J connectivity index is 1.89. The molecule has 94 valence electrons. The third kappa shape index (κ3) is 3.28. The normalized spacial score (nSPS) is 10.3. The minimum Gasteiger partial charge on any atom is -0.469 e. The summed E-state index contributed by atoms with van der Waals surface area (Å²) >= 11 is 11.6. The van der Waals surface area contributed by atoms with Crippen LogP contribution in [0, 0.1) is 0 Å². The molecule has 2 aromatic rings. The molecule has 1 aromatic carbocycles. The average Bonchev–Trinajstić information content (AvgIpc) is 2.85. The first-order valence-corrected chi connectivity index (χ1v) is 6.18. The van der Waals surface area contributed by atoms with Crippen molar-refractivity contribution in [2.24, 2.45) is 0 Å². The summed E-state index contributed by atoms with van der Waals surface area (Å²) < 4.78 is 5.17. The predicted molar refractivity (Wildman–Crippen MR) is 71.2 cm³/mol. The summed E-state index contributed by atoms with van der Waals surface area (Å²) in [7, 11) is 0. The first kappa shape index (κ1) is 13.0. The van der Waals surface area contributed by atoms with Gasteiger partial charge in [-0.25, -0.2) is 0 Å². The molecule has 0 saturated heterocycles. The number of benzene rings is 1. The maximum Gasteiger partial charge on any atom is 0.251 e. The topological polar surface area (TPSA) is 42.2 Å². The van der Waals surface area contributed by atoms with Crippen LogP contribution in [0.1, 0.15) is 16.1 Å². The molecule has 0 aliphatic carbocycles. The highest BCUT2D eigenvalue weighted by molar-refractivity contribution is 6.42. The Morgan fingerprint density at radius 2 is 2.06 bits per heavy atom. The second-order valence-corrected chi connectivity index (χ2v) is 4.53. The summed E-state index contributed by atoms with van der Waals surface area (Å²) in [6, 6.07) is 8.47. The van der Waals surface area contributed by atoms with E-state index in [-0.39, 0.29) is 5.91 Å². The highest BCUT2D eigenvalue weighted by atomic mass is 35.5. The number of carbonyl (C=O) groups is 1. The lowest BCUT2D eigenvalue weighted by Crippen LogP contribution is -2.25. The van der Waals surface area contributed by atoms with Gasteiger partial charge in [0.1, 0.15) is 5.76 Å². The van der Waals surface area contributed by atoms with Crippen LogP contribution in [0.2, 0.25) is 10.0 Å². The van der Waals surface area contributed by atoms with Crippen molar-refractivity contribution in [1.82, 2.24) is 5.32 Å². The summed E-state index contributed by atoms with van der Waals surface area (Å²) in [6.45, 7) is 0.507. The van der Waals surface area contributed by atoms with Gasteiger partial charge < -0.3 is 9.73 Å². The third-order valence-electron chi connectivity index (χ3n) is 2.42. The van der Waals surface area contributed by atoms with E-state index in [1.807, 2.05) is 12.1 Å². The predicted octanol–water partition coefficient (Wildman–Crippen LogP) is 3.56. The molecule has 1 aromatic heterocycles. The van der Waals surface area contributed by atoms with Crippen molar-refractivity contribution in [3.05, 3.63) is 58.0 Å². The molecule has 3 nitrogen and oxygen atoms in total. The van der Waals surface area contributed by atoms with Crippen LogP contribution >= 0.6 is 23.2 Å². The van der Waals surface area contributed by atoms with Gasteiger partial charge in [-0.1, -0.05) is 23.2 Å². The van der Waals surface area contributed by atoms with E-state index in [4.69, 9.17) is 27.6 Å². The Bertz CT molecular complexity index is 538.